The minimum atomic E-state index is -0.460. The Hall–Kier alpha value is -3.45. The molecule has 0 atom stereocenters. The van der Waals surface area contributed by atoms with Crippen LogP contribution in [0.5, 0.6) is 0 Å². The molecule has 8 heteroatoms. The maximum atomic E-state index is 12.5. The van der Waals surface area contributed by atoms with Gasteiger partial charge in [-0.1, -0.05) is 35.9 Å². The number of rotatable bonds is 6. The molecule has 0 spiro atoms. The normalized spacial score (nSPS) is 10.2. The van der Waals surface area contributed by atoms with Crippen molar-refractivity contribution in [1.29, 1.82) is 0 Å². The lowest BCUT2D eigenvalue weighted by molar-refractivity contribution is 0.0527. The smallest absolute Gasteiger partial charge is 0.340 e. The van der Waals surface area contributed by atoms with E-state index in [0.29, 0.717) is 22.0 Å². The first kappa shape index (κ1) is 19.3. The van der Waals surface area contributed by atoms with E-state index in [4.69, 9.17) is 16.3 Å². The van der Waals surface area contributed by atoms with Crippen LogP contribution in [0.3, 0.4) is 0 Å². The van der Waals surface area contributed by atoms with Crippen molar-refractivity contribution < 1.29 is 14.3 Å². The number of anilines is 3. The van der Waals surface area contributed by atoms with Gasteiger partial charge in [0.1, 0.15) is 5.69 Å². The Morgan fingerprint density at radius 3 is 2.50 bits per heavy atom. The number of para-hydroxylation sites is 2. The van der Waals surface area contributed by atoms with Gasteiger partial charge in [-0.2, -0.15) is 0 Å². The highest BCUT2D eigenvalue weighted by atomic mass is 35.5. The van der Waals surface area contributed by atoms with Gasteiger partial charge in [0.2, 0.25) is 5.95 Å². The predicted molar refractivity (Wildman–Crippen MR) is 107 cm³/mol. The van der Waals surface area contributed by atoms with E-state index in [-0.39, 0.29) is 18.2 Å². The van der Waals surface area contributed by atoms with E-state index in [0.717, 1.165) is 0 Å². The van der Waals surface area contributed by atoms with Crippen LogP contribution < -0.4 is 10.6 Å². The van der Waals surface area contributed by atoms with E-state index in [1.54, 1.807) is 55.5 Å². The lowest BCUT2D eigenvalue weighted by Gasteiger charge is -2.11. The number of hydrogen-bond acceptors (Lipinski definition) is 6. The van der Waals surface area contributed by atoms with Crippen LogP contribution in [0.1, 0.15) is 27.8 Å². The number of carbonyl (C=O) groups is 2. The molecule has 0 aliphatic rings. The molecule has 28 heavy (non-hydrogen) atoms. The van der Waals surface area contributed by atoms with Gasteiger partial charge in [0.25, 0.3) is 5.91 Å². The molecule has 3 rings (SSSR count). The Bertz CT molecular complexity index is 1010. The molecule has 2 N–H and O–H groups in total. The summed E-state index contributed by atoms with van der Waals surface area (Å²) >= 11 is 6.06. The highest BCUT2D eigenvalue weighted by molar-refractivity contribution is 6.33. The maximum absolute atomic E-state index is 12.5. The molecule has 3 aromatic rings. The summed E-state index contributed by atoms with van der Waals surface area (Å²) in [4.78, 5) is 32.9. The summed E-state index contributed by atoms with van der Waals surface area (Å²) in [5.41, 5.74) is 1.45. The number of carbonyl (C=O) groups excluding carboxylic acids is 2. The Kier molecular flexibility index (Phi) is 6.18. The number of nitrogens with zero attached hydrogens (tertiary/aromatic N) is 2. The van der Waals surface area contributed by atoms with Crippen molar-refractivity contribution in [2.45, 2.75) is 6.92 Å². The molecule has 0 aliphatic carbocycles. The van der Waals surface area contributed by atoms with Crippen LogP contribution in [0.2, 0.25) is 5.02 Å². The molecule has 0 unspecified atom stereocenters. The Balaban J connectivity index is 1.80. The monoisotopic (exact) mass is 396 g/mol. The second-order valence-electron chi connectivity index (χ2n) is 5.59. The van der Waals surface area contributed by atoms with Crippen LogP contribution in [-0.4, -0.2) is 28.5 Å². The Morgan fingerprint density at radius 1 is 1.04 bits per heavy atom. The summed E-state index contributed by atoms with van der Waals surface area (Å²) in [7, 11) is 0. The van der Waals surface area contributed by atoms with Gasteiger partial charge in [0, 0.05) is 6.20 Å². The first-order valence-corrected chi connectivity index (χ1v) is 8.88. The second kappa shape index (κ2) is 8.96. The minimum Gasteiger partial charge on any atom is -0.462 e. The van der Waals surface area contributed by atoms with Crippen molar-refractivity contribution in [3.8, 4) is 0 Å². The van der Waals surface area contributed by atoms with Gasteiger partial charge in [-0.15, -0.1) is 0 Å². The standard InChI is InChI=1S/C20H17ClN4O3/c1-2-28-19(27)13-7-3-5-9-15(13)24-20-22-12-11-17(25-20)18(26)23-16-10-6-4-8-14(16)21/h3-12H,2H2,1H3,(H,23,26)(H,22,24,25). The summed E-state index contributed by atoms with van der Waals surface area (Å²) in [5, 5.41) is 6.08. The molecule has 0 aliphatic heterocycles. The third kappa shape index (κ3) is 4.63. The Labute approximate surface area is 166 Å². The van der Waals surface area contributed by atoms with E-state index in [1.807, 2.05) is 0 Å². The number of nitrogens with one attached hydrogen (secondary N) is 2. The second-order valence-corrected chi connectivity index (χ2v) is 6.00. The van der Waals surface area contributed by atoms with Crippen LogP contribution in [0.15, 0.2) is 60.8 Å². The van der Waals surface area contributed by atoms with Crippen molar-refractivity contribution in [2.24, 2.45) is 0 Å². The van der Waals surface area contributed by atoms with Crippen molar-refractivity contribution in [2.75, 3.05) is 17.2 Å². The summed E-state index contributed by atoms with van der Waals surface area (Å²) < 4.78 is 5.05. The molecule has 1 aromatic heterocycles. The fraction of sp³-hybridized carbons (Fsp3) is 0.100. The lowest BCUT2D eigenvalue weighted by atomic mass is 10.2. The molecule has 1 heterocycles. The quantitative estimate of drug-likeness (QED) is 0.603. The van der Waals surface area contributed by atoms with Crippen molar-refractivity contribution in [3.05, 3.63) is 77.1 Å². The lowest BCUT2D eigenvalue weighted by Crippen LogP contribution is -2.15. The van der Waals surface area contributed by atoms with Crippen molar-refractivity contribution in [3.63, 3.8) is 0 Å². The maximum Gasteiger partial charge on any atom is 0.340 e. The zero-order chi connectivity index (χ0) is 19.9. The van der Waals surface area contributed by atoms with E-state index >= 15 is 0 Å². The molecule has 0 bridgehead atoms. The van der Waals surface area contributed by atoms with Gasteiger partial charge in [0.15, 0.2) is 0 Å². The van der Waals surface area contributed by atoms with Gasteiger partial charge in [-0.25, -0.2) is 14.8 Å². The summed E-state index contributed by atoms with van der Waals surface area (Å²) in [6.45, 7) is 2.00. The summed E-state index contributed by atoms with van der Waals surface area (Å²) in [6.07, 6.45) is 1.45. The molecule has 2 aromatic carbocycles. The molecule has 1 amide bonds. The molecule has 0 saturated carbocycles. The third-order valence-electron chi connectivity index (χ3n) is 3.68. The third-order valence-corrected chi connectivity index (χ3v) is 4.01. The average molecular weight is 397 g/mol. The molecule has 0 radical (unpaired) electrons. The SMILES string of the molecule is CCOC(=O)c1ccccc1Nc1nccc(C(=O)Nc2ccccc2Cl)n1. The fourth-order valence-electron chi connectivity index (χ4n) is 2.39. The van der Waals surface area contributed by atoms with Crippen LogP contribution in [-0.2, 0) is 4.74 Å². The van der Waals surface area contributed by atoms with Crippen molar-refractivity contribution in [1.82, 2.24) is 9.97 Å². The predicted octanol–water partition coefficient (Wildman–Crippen LogP) is 4.30. The van der Waals surface area contributed by atoms with Gasteiger partial charge in [-0.05, 0) is 37.3 Å². The number of ether oxygens (including phenoxy) is 1. The van der Waals surface area contributed by atoms with E-state index in [9.17, 15) is 9.59 Å². The zero-order valence-electron chi connectivity index (χ0n) is 15.0. The number of hydrogen-bond donors (Lipinski definition) is 2. The number of esters is 1. The van der Waals surface area contributed by atoms with Crippen LogP contribution >= 0.6 is 11.6 Å². The Morgan fingerprint density at radius 2 is 1.75 bits per heavy atom. The molecule has 142 valence electrons. The van der Waals surface area contributed by atoms with Crippen LogP contribution in [0, 0.1) is 0 Å². The van der Waals surface area contributed by atoms with Gasteiger partial charge >= 0.3 is 5.97 Å². The van der Waals surface area contributed by atoms with Crippen molar-refractivity contribution >= 4 is 40.8 Å². The average Bonchev–Trinajstić information content (AvgIpc) is 2.70. The largest absolute Gasteiger partial charge is 0.462 e. The van der Waals surface area contributed by atoms with E-state index < -0.39 is 11.9 Å². The molecular formula is C20H17ClN4O3. The number of amides is 1. The highest BCUT2D eigenvalue weighted by Crippen LogP contribution is 2.22. The zero-order valence-corrected chi connectivity index (χ0v) is 15.7. The topological polar surface area (TPSA) is 93.2 Å². The van der Waals surface area contributed by atoms with E-state index in [1.165, 1.54) is 12.3 Å². The van der Waals surface area contributed by atoms with Gasteiger partial charge in [0.05, 0.1) is 28.6 Å². The van der Waals surface area contributed by atoms with E-state index in [2.05, 4.69) is 20.6 Å². The minimum absolute atomic E-state index is 0.144. The summed E-state index contributed by atoms with van der Waals surface area (Å²) in [6, 6.07) is 15.2. The fourth-order valence-corrected chi connectivity index (χ4v) is 2.58. The molecule has 0 fully saturated rings. The molecule has 7 nitrogen and oxygen atoms in total. The number of aromatic nitrogens is 2. The first-order chi connectivity index (χ1) is 13.6. The first-order valence-electron chi connectivity index (χ1n) is 8.50. The summed E-state index contributed by atoms with van der Waals surface area (Å²) in [5.74, 6) is -0.723. The van der Waals surface area contributed by atoms with Gasteiger partial charge in [-0.3, -0.25) is 4.79 Å². The number of benzene rings is 2. The van der Waals surface area contributed by atoms with Crippen LogP contribution in [0.4, 0.5) is 17.3 Å². The highest BCUT2D eigenvalue weighted by Gasteiger charge is 2.14. The molecule has 0 saturated heterocycles. The van der Waals surface area contributed by atoms with Gasteiger partial charge < -0.3 is 15.4 Å². The number of halogens is 1. The van der Waals surface area contributed by atoms with Crippen LogP contribution in [0.25, 0.3) is 0 Å². The molecular weight excluding hydrogens is 380 g/mol.